The Morgan fingerprint density at radius 3 is 2.37 bits per heavy atom. The average Bonchev–Trinajstić information content (AvgIpc) is 3.60. The van der Waals surface area contributed by atoms with Crippen molar-refractivity contribution >= 4 is 29.0 Å². The molecule has 4 aromatic carbocycles. The SMILES string of the molecule is O=C(Nc1ccc(CSc2ccccc2)cc1)c1ccc2c(c1)[C@@H]1[C@H]3CC[C@@H](C3)[C@H]1[C@H](c1ccccc1)N2. The molecular formula is C34H32N2OS. The Morgan fingerprint density at radius 2 is 1.58 bits per heavy atom. The van der Waals surface area contributed by atoms with Gasteiger partial charge < -0.3 is 10.6 Å². The van der Waals surface area contributed by atoms with Crippen molar-refractivity contribution in [2.45, 2.75) is 41.9 Å². The topological polar surface area (TPSA) is 41.1 Å². The molecule has 1 amide bonds. The van der Waals surface area contributed by atoms with Crippen LogP contribution in [-0.2, 0) is 5.75 Å². The Kier molecular flexibility index (Phi) is 6.21. The first-order valence-electron chi connectivity index (χ1n) is 13.8. The highest BCUT2D eigenvalue weighted by molar-refractivity contribution is 7.98. The molecule has 3 nitrogen and oxygen atoms in total. The van der Waals surface area contributed by atoms with E-state index in [1.54, 1.807) is 0 Å². The van der Waals surface area contributed by atoms with Crippen LogP contribution in [0, 0.1) is 17.8 Å². The molecular weight excluding hydrogens is 484 g/mol. The molecule has 0 spiro atoms. The molecule has 3 aliphatic rings. The highest BCUT2D eigenvalue weighted by Crippen LogP contribution is 2.63. The third-order valence-electron chi connectivity index (χ3n) is 8.87. The van der Waals surface area contributed by atoms with Gasteiger partial charge in [-0.1, -0.05) is 60.7 Å². The van der Waals surface area contributed by atoms with Gasteiger partial charge in [0, 0.05) is 27.6 Å². The molecule has 0 aromatic heterocycles. The Balaban J connectivity index is 1.08. The predicted octanol–water partition coefficient (Wildman–Crippen LogP) is 8.53. The van der Waals surface area contributed by atoms with E-state index in [-0.39, 0.29) is 5.91 Å². The van der Waals surface area contributed by atoms with Crippen molar-refractivity contribution in [1.82, 2.24) is 0 Å². The molecule has 2 N–H and O–H groups in total. The van der Waals surface area contributed by atoms with E-state index in [9.17, 15) is 4.79 Å². The van der Waals surface area contributed by atoms with Crippen LogP contribution in [0.3, 0.4) is 0 Å². The van der Waals surface area contributed by atoms with Gasteiger partial charge in [0.2, 0.25) is 0 Å². The van der Waals surface area contributed by atoms with Crippen LogP contribution in [0.25, 0.3) is 0 Å². The molecule has 2 saturated carbocycles. The molecule has 4 heteroatoms. The Morgan fingerprint density at radius 1 is 0.842 bits per heavy atom. The number of anilines is 2. The minimum atomic E-state index is -0.0379. The molecule has 1 aliphatic heterocycles. The monoisotopic (exact) mass is 516 g/mol. The second kappa shape index (κ2) is 9.99. The minimum absolute atomic E-state index is 0.0379. The number of hydrogen-bond acceptors (Lipinski definition) is 3. The van der Waals surface area contributed by atoms with Gasteiger partial charge in [0.15, 0.2) is 0 Å². The summed E-state index contributed by atoms with van der Waals surface area (Å²) in [7, 11) is 0. The van der Waals surface area contributed by atoms with E-state index in [0.29, 0.717) is 17.9 Å². The summed E-state index contributed by atoms with van der Waals surface area (Å²) in [5.41, 5.74) is 6.75. The maximum atomic E-state index is 13.3. The maximum absolute atomic E-state index is 13.3. The Hall–Kier alpha value is -3.50. The molecule has 2 aliphatic carbocycles. The average molecular weight is 517 g/mol. The molecule has 190 valence electrons. The second-order valence-electron chi connectivity index (χ2n) is 11.0. The Bertz CT molecular complexity index is 1440. The lowest BCUT2D eigenvalue weighted by Crippen LogP contribution is -2.35. The molecule has 4 aromatic rings. The largest absolute Gasteiger partial charge is 0.378 e. The molecule has 0 radical (unpaired) electrons. The van der Waals surface area contributed by atoms with Crippen molar-refractivity contribution in [3.8, 4) is 0 Å². The quantitative estimate of drug-likeness (QED) is 0.252. The van der Waals surface area contributed by atoms with Crippen LogP contribution >= 0.6 is 11.8 Å². The van der Waals surface area contributed by atoms with Crippen LogP contribution < -0.4 is 10.6 Å². The number of carbonyl (C=O) groups is 1. The van der Waals surface area contributed by atoms with E-state index in [1.807, 2.05) is 36.0 Å². The van der Waals surface area contributed by atoms with Gasteiger partial charge in [0.25, 0.3) is 5.91 Å². The number of nitrogens with one attached hydrogen (secondary N) is 2. The summed E-state index contributed by atoms with van der Waals surface area (Å²) < 4.78 is 0. The van der Waals surface area contributed by atoms with Gasteiger partial charge in [-0.15, -0.1) is 11.8 Å². The van der Waals surface area contributed by atoms with Crippen molar-refractivity contribution in [1.29, 1.82) is 0 Å². The van der Waals surface area contributed by atoms with Gasteiger partial charge in [0.05, 0.1) is 6.04 Å². The van der Waals surface area contributed by atoms with Crippen LogP contribution in [0.2, 0.25) is 0 Å². The van der Waals surface area contributed by atoms with Crippen molar-refractivity contribution < 1.29 is 4.79 Å². The lowest BCUT2D eigenvalue weighted by Gasteiger charge is -2.43. The number of fused-ring (bicyclic) bond motifs is 7. The predicted molar refractivity (Wildman–Crippen MR) is 157 cm³/mol. The van der Waals surface area contributed by atoms with Crippen LogP contribution in [0.1, 0.15) is 58.3 Å². The van der Waals surface area contributed by atoms with Gasteiger partial charge in [-0.3, -0.25) is 4.79 Å². The summed E-state index contributed by atoms with van der Waals surface area (Å²) in [4.78, 5) is 14.6. The van der Waals surface area contributed by atoms with E-state index in [0.717, 1.165) is 28.8 Å². The number of carbonyl (C=O) groups excluding carboxylic acids is 1. The summed E-state index contributed by atoms with van der Waals surface area (Å²) in [6.07, 6.45) is 3.98. The van der Waals surface area contributed by atoms with Gasteiger partial charge in [-0.25, -0.2) is 0 Å². The first-order chi connectivity index (χ1) is 18.7. The molecule has 1 heterocycles. The summed E-state index contributed by atoms with van der Waals surface area (Å²) in [6.45, 7) is 0. The van der Waals surface area contributed by atoms with Gasteiger partial charge in [-0.2, -0.15) is 0 Å². The van der Waals surface area contributed by atoms with Crippen LogP contribution in [0.15, 0.2) is 108 Å². The van der Waals surface area contributed by atoms with Crippen LogP contribution in [-0.4, -0.2) is 5.91 Å². The highest BCUT2D eigenvalue weighted by atomic mass is 32.2. The first-order valence-corrected chi connectivity index (χ1v) is 14.7. The third kappa shape index (κ3) is 4.41. The molecule has 0 unspecified atom stereocenters. The van der Waals surface area contributed by atoms with E-state index >= 15 is 0 Å². The third-order valence-corrected chi connectivity index (χ3v) is 9.95. The maximum Gasteiger partial charge on any atom is 0.255 e. The number of hydrogen-bond donors (Lipinski definition) is 2. The Labute approximate surface area is 229 Å². The molecule has 7 rings (SSSR count). The summed E-state index contributed by atoms with van der Waals surface area (Å²) in [6, 6.07) is 36.2. The van der Waals surface area contributed by atoms with Gasteiger partial charge in [-0.05, 0) is 102 Å². The van der Waals surface area contributed by atoms with Crippen LogP contribution in [0.5, 0.6) is 0 Å². The zero-order chi connectivity index (χ0) is 25.5. The summed E-state index contributed by atoms with van der Waals surface area (Å²) in [5.74, 6) is 3.50. The summed E-state index contributed by atoms with van der Waals surface area (Å²) >= 11 is 1.82. The lowest BCUT2D eigenvalue weighted by molar-refractivity contribution is 0.102. The van der Waals surface area contributed by atoms with Crippen molar-refractivity contribution in [2.75, 3.05) is 10.6 Å². The van der Waals surface area contributed by atoms with E-state index < -0.39 is 0 Å². The fourth-order valence-electron chi connectivity index (χ4n) is 7.19. The minimum Gasteiger partial charge on any atom is -0.378 e. The summed E-state index contributed by atoms with van der Waals surface area (Å²) in [5, 5.41) is 7.01. The normalized spacial score (nSPS) is 24.8. The van der Waals surface area contributed by atoms with Crippen molar-refractivity contribution in [3.05, 3.63) is 125 Å². The fourth-order valence-corrected chi connectivity index (χ4v) is 8.06. The molecule has 38 heavy (non-hydrogen) atoms. The van der Waals surface area contributed by atoms with Crippen molar-refractivity contribution in [3.63, 3.8) is 0 Å². The zero-order valence-corrected chi connectivity index (χ0v) is 22.2. The van der Waals surface area contributed by atoms with Crippen LogP contribution in [0.4, 0.5) is 11.4 Å². The van der Waals surface area contributed by atoms with Crippen molar-refractivity contribution in [2.24, 2.45) is 17.8 Å². The molecule has 2 bridgehead atoms. The van der Waals surface area contributed by atoms with E-state index in [1.165, 1.54) is 46.5 Å². The highest BCUT2D eigenvalue weighted by Gasteiger charge is 2.53. The first kappa shape index (κ1) is 23.6. The standard InChI is InChI=1S/C34H32N2OS/c37-34(35-27-16-11-22(12-17-27)21-38-28-9-5-2-6-10-28)26-15-18-30-29(20-26)31-24-13-14-25(19-24)32(31)33(36-30)23-7-3-1-4-8-23/h1-12,15-18,20,24-25,31-33,36H,13-14,19,21H2,(H,35,37)/t24-,25-,31-,32+,33-/m0/s1. The number of thioether (sulfide) groups is 1. The van der Waals surface area contributed by atoms with E-state index in [2.05, 4.69) is 89.5 Å². The zero-order valence-electron chi connectivity index (χ0n) is 21.3. The number of amides is 1. The van der Waals surface area contributed by atoms with Gasteiger partial charge in [0.1, 0.15) is 0 Å². The molecule has 0 saturated heterocycles. The lowest BCUT2D eigenvalue weighted by atomic mass is 9.68. The molecule has 2 fully saturated rings. The number of rotatable bonds is 6. The molecule has 5 atom stereocenters. The van der Waals surface area contributed by atoms with E-state index in [4.69, 9.17) is 0 Å². The van der Waals surface area contributed by atoms with Gasteiger partial charge >= 0.3 is 0 Å². The number of benzene rings is 4. The smallest absolute Gasteiger partial charge is 0.255 e. The fraction of sp³-hybridized carbons (Fsp3) is 0.265. The second-order valence-corrected chi connectivity index (χ2v) is 12.1.